The van der Waals surface area contributed by atoms with Crippen LogP contribution < -0.4 is 5.32 Å². The Hall–Kier alpha value is -0.610. The first-order valence-corrected chi connectivity index (χ1v) is 6.33. The van der Waals surface area contributed by atoms with E-state index in [0.29, 0.717) is 12.5 Å². The van der Waals surface area contributed by atoms with Gasteiger partial charge in [0.2, 0.25) is 0 Å². The van der Waals surface area contributed by atoms with Gasteiger partial charge in [-0.15, -0.1) is 0 Å². The molecule has 1 rings (SSSR count). The molecule has 94 valence electrons. The summed E-state index contributed by atoms with van der Waals surface area (Å²) < 4.78 is 5.73. The van der Waals surface area contributed by atoms with Crippen LogP contribution in [0.15, 0.2) is 0 Å². The van der Waals surface area contributed by atoms with Gasteiger partial charge in [-0.1, -0.05) is 19.3 Å². The third-order valence-corrected chi connectivity index (χ3v) is 2.93. The van der Waals surface area contributed by atoms with Crippen molar-refractivity contribution in [3.05, 3.63) is 0 Å². The van der Waals surface area contributed by atoms with Crippen molar-refractivity contribution in [1.29, 1.82) is 0 Å². The summed E-state index contributed by atoms with van der Waals surface area (Å²) in [5.41, 5.74) is 0. The molecular weight excluding hydrogens is 206 g/mol. The van der Waals surface area contributed by atoms with E-state index >= 15 is 0 Å². The molecule has 0 aromatic rings. The number of rotatable bonds is 8. The van der Waals surface area contributed by atoms with Gasteiger partial charge in [0.15, 0.2) is 0 Å². The van der Waals surface area contributed by atoms with Crippen molar-refractivity contribution in [3.8, 4) is 0 Å². The van der Waals surface area contributed by atoms with Gasteiger partial charge in [0.25, 0.3) is 0 Å². The number of hydrogen-bond donors (Lipinski definition) is 2. The van der Waals surface area contributed by atoms with Crippen molar-refractivity contribution in [3.63, 3.8) is 0 Å². The van der Waals surface area contributed by atoms with Gasteiger partial charge in [0.05, 0.1) is 12.7 Å². The van der Waals surface area contributed by atoms with Gasteiger partial charge in [-0.25, -0.2) is 0 Å². The Balaban J connectivity index is 1.82. The summed E-state index contributed by atoms with van der Waals surface area (Å²) in [6.45, 7) is 2.34. The van der Waals surface area contributed by atoms with Crippen molar-refractivity contribution in [2.45, 2.75) is 51.0 Å². The normalized spacial score (nSPS) is 17.5. The molecule has 1 aliphatic carbocycles. The fourth-order valence-corrected chi connectivity index (χ4v) is 2.02. The van der Waals surface area contributed by atoms with E-state index in [1.54, 1.807) is 0 Å². The lowest BCUT2D eigenvalue weighted by atomic mass is 9.98. The van der Waals surface area contributed by atoms with E-state index < -0.39 is 5.97 Å². The maximum absolute atomic E-state index is 10.2. The summed E-state index contributed by atoms with van der Waals surface area (Å²) in [5.74, 6) is -0.722. The van der Waals surface area contributed by atoms with Crippen LogP contribution in [-0.4, -0.2) is 36.9 Å². The molecule has 0 heterocycles. The fraction of sp³-hybridized carbons (Fsp3) is 0.917. The second-order valence-electron chi connectivity index (χ2n) is 4.38. The molecule has 0 bridgehead atoms. The fourth-order valence-electron chi connectivity index (χ4n) is 2.02. The minimum atomic E-state index is -0.722. The van der Waals surface area contributed by atoms with E-state index in [0.717, 1.165) is 19.7 Å². The van der Waals surface area contributed by atoms with Gasteiger partial charge in [-0.05, 0) is 25.8 Å². The van der Waals surface area contributed by atoms with E-state index in [1.807, 2.05) is 0 Å². The molecule has 4 nitrogen and oxygen atoms in total. The number of carboxylic acid groups (broad SMARTS) is 1. The minimum Gasteiger partial charge on any atom is -0.481 e. The molecule has 2 N–H and O–H groups in total. The molecule has 0 spiro atoms. The van der Waals surface area contributed by atoms with E-state index in [9.17, 15) is 4.79 Å². The predicted octanol–water partition coefficient (Wildman–Crippen LogP) is 1.79. The molecular formula is C12H23NO3. The highest BCUT2D eigenvalue weighted by Gasteiger charge is 2.12. The second kappa shape index (κ2) is 8.53. The number of carbonyl (C=O) groups is 1. The number of hydrogen-bond acceptors (Lipinski definition) is 3. The summed E-state index contributed by atoms with van der Waals surface area (Å²) in [6, 6.07) is 0. The summed E-state index contributed by atoms with van der Waals surface area (Å²) in [6.07, 6.45) is 7.78. The smallest absolute Gasteiger partial charge is 0.303 e. The Morgan fingerprint density at radius 2 is 2.00 bits per heavy atom. The zero-order valence-electron chi connectivity index (χ0n) is 9.91. The minimum absolute atomic E-state index is 0.247. The van der Waals surface area contributed by atoms with E-state index in [-0.39, 0.29) is 6.42 Å². The van der Waals surface area contributed by atoms with Crippen LogP contribution in [0.5, 0.6) is 0 Å². The summed E-state index contributed by atoms with van der Waals surface area (Å²) >= 11 is 0. The lowest BCUT2D eigenvalue weighted by molar-refractivity contribution is -0.137. The largest absolute Gasteiger partial charge is 0.481 e. The van der Waals surface area contributed by atoms with E-state index in [4.69, 9.17) is 9.84 Å². The highest BCUT2D eigenvalue weighted by atomic mass is 16.5. The van der Waals surface area contributed by atoms with E-state index in [2.05, 4.69) is 5.32 Å². The number of ether oxygens (including phenoxy) is 1. The monoisotopic (exact) mass is 229 g/mol. The first-order chi connectivity index (χ1) is 7.79. The van der Waals surface area contributed by atoms with Crippen LogP contribution in [0.2, 0.25) is 0 Å². The molecule has 1 fully saturated rings. The van der Waals surface area contributed by atoms with Gasteiger partial charge in [0, 0.05) is 13.0 Å². The van der Waals surface area contributed by atoms with Crippen LogP contribution in [0.4, 0.5) is 0 Å². The Labute approximate surface area is 97.4 Å². The van der Waals surface area contributed by atoms with Crippen LogP contribution in [0.3, 0.4) is 0 Å². The zero-order chi connectivity index (χ0) is 11.6. The maximum Gasteiger partial charge on any atom is 0.303 e. The van der Waals surface area contributed by atoms with Crippen molar-refractivity contribution in [2.75, 3.05) is 19.7 Å². The molecule has 0 unspecified atom stereocenters. The summed E-state index contributed by atoms with van der Waals surface area (Å²) in [4.78, 5) is 10.2. The molecule has 0 amide bonds. The molecule has 0 atom stereocenters. The highest BCUT2D eigenvalue weighted by Crippen LogP contribution is 2.19. The standard InChI is InChI=1S/C12H23NO3/c14-12(15)7-4-8-13-9-10-16-11-5-2-1-3-6-11/h11,13H,1-10H2,(H,14,15). The lowest BCUT2D eigenvalue weighted by Crippen LogP contribution is -2.25. The number of carboxylic acids is 1. The molecule has 0 aromatic carbocycles. The second-order valence-corrected chi connectivity index (χ2v) is 4.38. The third kappa shape index (κ3) is 6.80. The average molecular weight is 229 g/mol. The van der Waals surface area contributed by atoms with Crippen LogP contribution in [-0.2, 0) is 9.53 Å². The molecule has 0 radical (unpaired) electrons. The number of nitrogens with one attached hydrogen (secondary N) is 1. The van der Waals surface area contributed by atoms with Crippen LogP contribution in [0.1, 0.15) is 44.9 Å². The molecule has 0 aromatic heterocycles. The van der Waals surface area contributed by atoms with Gasteiger partial charge in [-0.3, -0.25) is 4.79 Å². The van der Waals surface area contributed by atoms with Crippen molar-refractivity contribution < 1.29 is 14.6 Å². The molecule has 0 aliphatic heterocycles. The van der Waals surface area contributed by atoms with Crippen molar-refractivity contribution >= 4 is 5.97 Å². The quantitative estimate of drug-likeness (QED) is 0.623. The Morgan fingerprint density at radius 1 is 1.25 bits per heavy atom. The first-order valence-electron chi connectivity index (χ1n) is 6.33. The van der Waals surface area contributed by atoms with Crippen molar-refractivity contribution in [2.24, 2.45) is 0 Å². The maximum atomic E-state index is 10.2. The molecule has 4 heteroatoms. The Bertz CT molecular complexity index is 191. The summed E-state index contributed by atoms with van der Waals surface area (Å²) in [7, 11) is 0. The van der Waals surface area contributed by atoms with Crippen LogP contribution >= 0.6 is 0 Å². The third-order valence-electron chi connectivity index (χ3n) is 2.93. The van der Waals surface area contributed by atoms with Gasteiger partial charge < -0.3 is 15.2 Å². The number of aliphatic carboxylic acids is 1. The Kier molecular flexibility index (Phi) is 7.17. The van der Waals surface area contributed by atoms with Gasteiger partial charge in [0.1, 0.15) is 0 Å². The zero-order valence-corrected chi connectivity index (χ0v) is 9.91. The first kappa shape index (κ1) is 13.5. The predicted molar refractivity (Wildman–Crippen MR) is 62.6 cm³/mol. The van der Waals surface area contributed by atoms with Crippen molar-refractivity contribution in [1.82, 2.24) is 5.32 Å². The molecule has 16 heavy (non-hydrogen) atoms. The summed E-state index contributed by atoms with van der Waals surface area (Å²) in [5, 5.41) is 11.6. The Morgan fingerprint density at radius 3 is 2.69 bits per heavy atom. The highest BCUT2D eigenvalue weighted by molar-refractivity contribution is 5.66. The SMILES string of the molecule is O=C(O)CCCNCCOC1CCCCC1. The van der Waals surface area contributed by atoms with Gasteiger partial charge >= 0.3 is 5.97 Å². The lowest BCUT2D eigenvalue weighted by Gasteiger charge is -2.21. The van der Waals surface area contributed by atoms with Crippen LogP contribution in [0.25, 0.3) is 0 Å². The topological polar surface area (TPSA) is 58.6 Å². The van der Waals surface area contributed by atoms with E-state index in [1.165, 1.54) is 32.1 Å². The average Bonchev–Trinajstić information content (AvgIpc) is 2.29. The van der Waals surface area contributed by atoms with Gasteiger partial charge in [-0.2, -0.15) is 0 Å². The molecule has 0 saturated heterocycles. The molecule has 1 saturated carbocycles. The molecule has 1 aliphatic rings. The van der Waals surface area contributed by atoms with Crippen LogP contribution in [0, 0.1) is 0 Å².